The van der Waals surface area contributed by atoms with Crippen molar-refractivity contribution >= 4 is 0 Å². The maximum Gasteiger partial charge on any atom is 0.0712 e. The summed E-state index contributed by atoms with van der Waals surface area (Å²) in [6, 6.07) is 0. The van der Waals surface area contributed by atoms with Crippen molar-refractivity contribution < 1.29 is 0 Å². The van der Waals surface area contributed by atoms with Gasteiger partial charge in [-0.2, -0.15) is 0 Å². The van der Waals surface area contributed by atoms with Gasteiger partial charge in [-0.3, -0.25) is 0 Å². The van der Waals surface area contributed by atoms with Gasteiger partial charge in [0.15, 0.2) is 0 Å². The molecule has 10 heavy (non-hydrogen) atoms. The van der Waals surface area contributed by atoms with E-state index >= 15 is 0 Å². The van der Waals surface area contributed by atoms with Gasteiger partial charge in [-0.25, -0.2) is 0 Å². The zero-order valence-electron chi connectivity index (χ0n) is 6.54. The van der Waals surface area contributed by atoms with Crippen molar-refractivity contribution in [1.82, 2.24) is 0 Å². The van der Waals surface area contributed by atoms with Crippen LogP contribution in [0, 0.1) is 24.2 Å². The molecule has 0 aliphatic heterocycles. The third-order valence-electron chi connectivity index (χ3n) is 1.21. The lowest BCUT2D eigenvalue weighted by atomic mass is 10.2. The number of hydrogen-bond acceptors (Lipinski definition) is 0. The summed E-state index contributed by atoms with van der Waals surface area (Å²) < 4.78 is 0. The highest BCUT2D eigenvalue weighted by atomic mass is 13.8. The quantitative estimate of drug-likeness (QED) is 0.410. The van der Waals surface area contributed by atoms with Crippen LogP contribution in [0.4, 0.5) is 0 Å². The van der Waals surface area contributed by atoms with E-state index < -0.39 is 0 Å². The minimum atomic E-state index is 0.492. The molecule has 0 saturated heterocycles. The number of rotatable bonds is 3. The highest BCUT2D eigenvalue weighted by Crippen LogP contribution is 1.96. The van der Waals surface area contributed by atoms with Gasteiger partial charge in [-0.05, 0) is 12.8 Å². The lowest BCUT2D eigenvalue weighted by Gasteiger charge is -1.87. The molecular formula is C10H13. The van der Waals surface area contributed by atoms with Crippen molar-refractivity contribution in [3.63, 3.8) is 0 Å². The molecule has 0 heteroatoms. The van der Waals surface area contributed by atoms with Gasteiger partial charge in [0.05, 0.1) is 6.42 Å². The van der Waals surface area contributed by atoms with E-state index in [1.807, 2.05) is 0 Å². The predicted octanol–water partition coefficient (Wildman–Crippen LogP) is 2.55. The molecule has 0 aromatic rings. The summed E-state index contributed by atoms with van der Waals surface area (Å²) in [6.45, 7) is 2.18. The minimum absolute atomic E-state index is 0.492. The van der Waals surface area contributed by atoms with Crippen LogP contribution in [0.15, 0.2) is 0 Å². The zero-order valence-corrected chi connectivity index (χ0v) is 6.54. The maximum absolute atomic E-state index is 6.57. The molecule has 0 nitrogen and oxygen atoms in total. The Labute approximate surface area is 64.0 Å². The van der Waals surface area contributed by atoms with Gasteiger partial charge >= 0.3 is 0 Å². The molecule has 0 atom stereocenters. The first-order chi connectivity index (χ1) is 4.91. The van der Waals surface area contributed by atoms with E-state index in [1.165, 1.54) is 19.3 Å². The van der Waals surface area contributed by atoms with Gasteiger partial charge in [0.25, 0.3) is 0 Å². The van der Waals surface area contributed by atoms with Gasteiger partial charge in [0, 0.05) is 6.42 Å². The predicted molar refractivity (Wildman–Crippen MR) is 43.7 cm³/mol. The fourth-order valence-electron chi connectivity index (χ4n) is 0.658. The van der Waals surface area contributed by atoms with Gasteiger partial charge in [-0.15, -0.1) is 5.92 Å². The van der Waals surface area contributed by atoms with Gasteiger partial charge in [0.1, 0.15) is 0 Å². The van der Waals surface area contributed by atoms with E-state index in [9.17, 15) is 0 Å². The molecule has 0 bridgehead atoms. The third-order valence-corrected chi connectivity index (χ3v) is 1.21. The average Bonchev–Trinajstić information content (AvgIpc) is 1.97. The van der Waals surface area contributed by atoms with Crippen molar-refractivity contribution in [2.45, 2.75) is 39.0 Å². The Morgan fingerprint density at radius 1 is 1.20 bits per heavy atom. The van der Waals surface area contributed by atoms with Crippen LogP contribution in [-0.2, 0) is 0 Å². The summed E-state index contributed by atoms with van der Waals surface area (Å²) in [5.74, 6) is 8.07. The Kier molecular flexibility index (Phi) is 7.41. The van der Waals surface area contributed by atoms with Crippen LogP contribution in [0.1, 0.15) is 39.0 Å². The first-order valence-corrected chi connectivity index (χ1v) is 3.77. The molecule has 0 amide bonds. The van der Waals surface area contributed by atoms with E-state index in [1.54, 1.807) is 0 Å². The molecule has 0 fully saturated rings. The van der Waals surface area contributed by atoms with Gasteiger partial charge in [-0.1, -0.05) is 31.6 Å². The highest BCUT2D eigenvalue weighted by molar-refractivity contribution is 5.05. The molecule has 0 spiro atoms. The summed E-state index contributed by atoms with van der Waals surface area (Å²) in [5, 5.41) is 0. The van der Waals surface area contributed by atoms with Crippen LogP contribution < -0.4 is 0 Å². The molecule has 0 unspecified atom stereocenters. The Hall–Kier alpha value is -0.880. The van der Waals surface area contributed by atoms with Crippen molar-refractivity contribution in [2.75, 3.05) is 0 Å². The molecule has 0 aromatic heterocycles. The van der Waals surface area contributed by atoms with Crippen molar-refractivity contribution in [1.29, 1.82) is 0 Å². The van der Waals surface area contributed by atoms with Crippen LogP contribution in [-0.4, -0.2) is 0 Å². The monoisotopic (exact) mass is 133 g/mol. The Morgan fingerprint density at radius 3 is 2.60 bits per heavy atom. The van der Waals surface area contributed by atoms with Crippen LogP contribution in [0.2, 0.25) is 0 Å². The van der Waals surface area contributed by atoms with E-state index in [-0.39, 0.29) is 0 Å². The molecule has 53 valence electrons. The second-order valence-corrected chi connectivity index (χ2v) is 2.16. The highest BCUT2D eigenvalue weighted by Gasteiger charge is 1.79. The van der Waals surface area contributed by atoms with Crippen LogP contribution in [0.25, 0.3) is 0 Å². The Morgan fingerprint density at radius 2 is 2.00 bits per heavy atom. The zero-order chi connectivity index (χ0) is 7.66. The molecule has 0 N–H and O–H groups in total. The van der Waals surface area contributed by atoms with E-state index in [4.69, 9.17) is 6.42 Å². The molecule has 0 heterocycles. The smallest absolute Gasteiger partial charge is 0.0712 e. The fourth-order valence-corrected chi connectivity index (χ4v) is 0.658. The Balaban J connectivity index is 3.06. The summed E-state index contributed by atoms with van der Waals surface area (Å²) in [5.41, 5.74) is 0. The first-order valence-electron chi connectivity index (χ1n) is 3.77. The third kappa shape index (κ3) is 7.12. The molecule has 0 aromatic carbocycles. The molecule has 0 aliphatic rings. The minimum Gasteiger partial charge on any atom is -0.102 e. The van der Waals surface area contributed by atoms with E-state index in [2.05, 4.69) is 24.7 Å². The standard InChI is InChI=1S/C10H13/c1-3-5-7-9-10-8-6-4-2/h3,5-7,9H2,1H3. The summed E-state index contributed by atoms with van der Waals surface area (Å²) >= 11 is 0. The summed E-state index contributed by atoms with van der Waals surface area (Å²) in [6.07, 6.45) is 11.8. The molecular weight excluding hydrogens is 120 g/mol. The topological polar surface area (TPSA) is 0 Å². The van der Waals surface area contributed by atoms with Gasteiger partial charge < -0.3 is 0 Å². The van der Waals surface area contributed by atoms with Crippen molar-refractivity contribution in [2.24, 2.45) is 0 Å². The lowest BCUT2D eigenvalue weighted by Crippen LogP contribution is -1.70. The Bertz CT molecular complexity index is 149. The molecule has 0 rings (SSSR count). The van der Waals surface area contributed by atoms with E-state index in [0.29, 0.717) is 6.42 Å². The largest absolute Gasteiger partial charge is 0.102 e. The van der Waals surface area contributed by atoms with E-state index in [0.717, 1.165) is 6.42 Å². The lowest BCUT2D eigenvalue weighted by molar-refractivity contribution is 0.737. The van der Waals surface area contributed by atoms with Crippen molar-refractivity contribution in [3.05, 3.63) is 6.42 Å². The number of unbranched alkanes of at least 4 members (excludes halogenated alkanes) is 3. The second-order valence-electron chi connectivity index (χ2n) is 2.16. The SMILES string of the molecule is [C]#CCC#CCCCCC. The van der Waals surface area contributed by atoms with Crippen LogP contribution >= 0.6 is 0 Å². The van der Waals surface area contributed by atoms with Crippen LogP contribution in [0.3, 0.4) is 0 Å². The van der Waals surface area contributed by atoms with Gasteiger partial charge in [0.2, 0.25) is 0 Å². The molecule has 1 radical (unpaired) electrons. The molecule has 0 saturated carbocycles. The van der Waals surface area contributed by atoms with Crippen LogP contribution in [0.5, 0.6) is 0 Å². The first kappa shape index (κ1) is 9.12. The van der Waals surface area contributed by atoms with Crippen molar-refractivity contribution in [3.8, 4) is 17.8 Å². The normalized spacial score (nSPS) is 7.60. The fraction of sp³-hybridized carbons (Fsp3) is 0.600. The molecule has 0 aliphatic carbocycles. The second kappa shape index (κ2) is 8.12. The number of hydrogen-bond donors (Lipinski definition) is 0. The summed E-state index contributed by atoms with van der Waals surface area (Å²) in [4.78, 5) is 0. The average molecular weight is 133 g/mol. The summed E-state index contributed by atoms with van der Waals surface area (Å²) in [7, 11) is 0. The maximum atomic E-state index is 6.57.